The number of phenolic OH excluding ortho intramolecular Hbond substituents is 1. The van der Waals surface area contributed by atoms with Crippen molar-refractivity contribution in [2.45, 2.75) is 0 Å². The zero-order valence-electron chi connectivity index (χ0n) is 10.2. The number of imidazole rings is 1. The average molecular weight is 263 g/mol. The third-order valence-electron chi connectivity index (χ3n) is 1.92. The van der Waals surface area contributed by atoms with Crippen LogP contribution < -0.4 is 5.32 Å². The number of hydrogen-bond acceptors (Lipinski definition) is 5. The molecule has 100 valence electrons. The molecule has 2 aromatic rings. The van der Waals surface area contributed by atoms with Crippen LogP contribution in [0.1, 0.15) is 10.4 Å². The summed E-state index contributed by atoms with van der Waals surface area (Å²) in [6.45, 7) is 0. The van der Waals surface area contributed by atoms with Gasteiger partial charge >= 0.3 is 12.1 Å². The summed E-state index contributed by atoms with van der Waals surface area (Å²) >= 11 is 0. The highest BCUT2D eigenvalue weighted by molar-refractivity contribution is 5.98. The Balaban J connectivity index is 0.000000300. The minimum atomic E-state index is -0.887. The van der Waals surface area contributed by atoms with E-state index in [0.717, 1.165) is 0 Å². The second-order valence-electron chi connectivity index (χ2n) is 3.20. The number of amides is 1. The van der Waals surface area contributed by atoms with Crippen molar-refractivity contribution >= 4 is 12.1 Å². The first kappa shape index (κ1) is 14.2. The maximum absolute atomic E-state index is 11.2. The average Bonchev–Trinajstić information content (AvgIpc) is 2.98. The molecule has 0 aliphatic heterocycles. The van der Waals surface area contributed by atoms with Crippen molar-refractivity contribution in [3.63, 3.8) is 0 Å². The number of hydrogen-bond donors (Lipinski definition) is 3. The van der Waals surface area contributed by atoms with E-state index in [0.29, 0.717) is 0 Å². The van der Waals surface area contributed by atoms with Crippen LogP contribution in [0.25, 0.3) is 0 Å². The van der Waals surface area contributed by atoms with E-state index in [4.69, 9.17) is 0 Å². The Kier molecular flexibility index (Phi) is 5.61. The van der Waals surface area contributed by atoms with Gasteiger partial charge < -0.3 is 20.1 Å². The number of ether oxygens (including phenoxy) is 1. The summed E-state index contributed by atoms with van der Waals surface area (Å²) < 4.78 is 4.32. The zero-order valence-corrected chi connectivity index (χ0v) is 10.2. The van der Waals surface area contributed by atoms with E-state index in [-0.39, 0.29) is 11.3 Å². The van der Waals surface area contributed by atoms with Crippen LogP contribution in [0, 0.1) is 0 Å². The van der Waals surface area contributed by atoms with Crippen LogP contribution in [0.15, 0.2) is 43.0 Å². The number of para-hydroxylation sites is 1. The van der Waals surface area contributed by atoms with E-state index in [1.807, 2.05) is 0 Å². The minimum Gasteiger partial charge on any atom is -0.507 e. The number of aromatic nitrogens is 2. The van der Waals surface area contributed by atoms with Crippen molar-refractivity contribution in [1.82, 2.24) is 15.3 Å². The molecule has 1 aromatic carbocycles. The third-order valence-corrected chi connectivity index (χ3v) is 1.92. The first-order valence-corrected chi connectivity index (χ1v) is 5.29. The standard InChI is InChI=1S/C9H9NO4.C3H4N2/c1-10-9(13)14-8(12)6-4-2-3-5-7(6)11;1-2-5-3-4-1/h2-5,11H,1H3,(H,10,13);1-3H,(H,4,5). The highest BCUT2D eigenvalue weighted by atomic mass is 16.6. The molecule has 1 heterocycles. The second-order valence-corrected chi connectivity index (χ2v) is 3.20. The molecule has 7 nitrogen and oxygen atoms in total. The molecular formula is C12H13N3O4. The lowest BCUT2D eigenvalue weighted by Gasteiger charge is -2.02. The topological polar surface area (TPSA) is 104 Å². The highest BCUT2D eigenvalue weighted by Crippen LogP contribution is 2.16. The van der Waals surface area contributed by atoms with Gasteiger partial charge in [-0.25, -0.2) is 14.6 Å². The number of carbonyl (C=O) groups is 2. The molecule has 1 aromatic heterocycles. The number of aromatic hydroxyl groups is 1. The maximum Gasteiger partial charge on any atom is 0.414 e. The van der Waals surface area contributed by atoms with Gasteiger partial charge in [0.1, 0.15) is 11.3 Å². The summed E-state index contributed by atoms with van der Waals surface area (Å²) in [4.78, 5) is 28.3. The summed E-state index contributed by atoms with van der Waals surface area (Å²) in [7, 11) is 1.33. The number of benzene rings is 1. The number of aromatic amines is 1. The summed E-state index contributed by atoms with van der Waals surface area (Å²) in [5.74, 6) is -1.11. The van der Waals surface area contributed by atoms with Crippen LogP contribution in [-0.2, 0) is 4.74 Å². The smallest absolute Gasteiger partial charge is 0.414 e. The van der Waals surface area contributed by atoms with Gasteiger partial charge in [0, 0.05) is 19.4 Å². The van der Waals surface area contributed by atoms with E-state index in [1.54, 1.807) is 30.9 Å². The van der Waals surface area contributed by atoms with Gasteiger partial charge in [-0.1, -0.05) is 12.1 Å². The Morgan fingerprint density at radius 1 is 1.37 bits per heavy atom. The van der Waals surface area contributed by atoms with Crippen molar-refractivity contribution in [3.05, 3.63) is 48.5 Å². The van der Waals surface area contributed by atoms with Crippen LogP contribution in [0.4, 0.5) is 4.79 Å². The van der Waals surface area contributed by atoms with Crippen molar-refractivity contribution in [3.8, 4) is 5.75 Å². The van der Waals surface area contributed by atoms with Gasteiger partial charge in [-0.05, 0) is 12.1 Å². The van der Waals surface area contributed by atoms with Crippen molar-refractivity contribution in [1.29, 1.82) is 0 Å². The van der Waals surface area contributed by atoms with Crippen LogP contribution >= 0.6 is 0 Å². The van der Waals surface area contributed by atoms with E-state index in [9.17, 15) is 14.7 Å². The fourth-order valence-electron chi connectivity index (χ4n) is 1.05. The molecule has 0 spiro atoms. The quantitative estimate of drug-likeness (QED) is 0.531. The number of rotatable bonds is 1. The molecule has 0 unspecified atom stereocenters. The lowest BCUT2D eigenvalue weighted by molar-refractivity contribution is 0.0623. The largest absolute Gasteiger partial charge is 0.507 e. The predicted molar refractivity (Wildman–Crippen MR) is 66.6 cm³/mol. The fraction of sp³-hybridized carbons (Fsp3) is 0.0833. The highest BCUT2D eigenvalue weighted by Gasteiger charge is 2.14. The van der Waals surface area contributed by atoms with E-state index >= 15 is 0 Å². The molecule has 0 radical (unpaired) electrons. The first-order chi connectivity index (χ1) is 9.15. The molecule has 0 bridgehead atoms. The molecule has 0 saturated carbocycles. The summed E-state index contributed by atoms with van der Waals surface area (Å²) in [6.07, 6.45) is 4.22. The molecule has 2 rings (SSSR count). The van der Waals surface area contributed by atoms with Crippen LogP contribution in [-0.4, -0.2) is 34.2 Å². The second kappa shape index (κ2) is 7.49. The number of nitrogens with one attached hydrogen (secondary N) is 2. The molecule has 0 atom stereocenters. The van der Waals surface area contributed by atoms with Gasteiger partial charge in [0.15, 0.2) is 0 Å². The molecule has 0 fully saturated rings. The Hall–Kier alpha value is -2.83. The van der Waals surface area contributed by atoms with Crippen LogP contribution in [0.3, 0.4) is 0 Å². The van der Waals surface area contributed by atoms with Gasteiger partial charge in [-0.2, -0.15) is 0 Å². The maximum atomic E-state index is 11.2. The van der Waals surface area contributed by atoms with Gasteiger partial charge in [-0.15, -0.1) is 0 Å². The Morgan fingerprint density at radius 2 is 2.11 bits per heavy atom. The Bertz CT molecular complexity index is 508. The third kappa shape index (κ3) is 4.90. The Labute approximate surface area is 109 Å². The van der Waals surface area contributed by atoms with E-state index in [2.05, 4.69) is 20.0 Å². The molecule has 19 heavy (non-hydrogen) atoms. The van der Waals surface area contributed by atoms with Crippen LogP contribution in [0.2, 0.25) is 0 Å². The molecule has 3 N–H and O–H groups in total. The van der Waals surface area contributed by atoms with Gasteiger partial charge in [0.05, 0.1) is 6.33 Å². The SMILES string of the molecule is CNC(=O)OC(=O)c1ccccc1O.c1c[nH]cn1. The minimum absolute atomic E-state index is 0.0453. The molecule has 0 saturated heterocycles. The monoisotopic (exact) mass is 263 g/mol. The summed E-state index contributed by atoms with van der Waals surface area (Å²) in [5.41, 5.74) is -0.0453. The van der Waals surface area contributed by atoms with Crippen molar-refractivity contribution < 1.29 is 19.4 Å². The van der Waals surface area contributed by atoms with Crippen LogP contribution in [0.5, 0.6) is 5.75 Å². The van der Waals surface area contributed by atoms with E-state index in [1.165, 1.54) is 19.2 Å². The lowest BCUT2D eigenvalue weighted by Crippen LogP contribution is -2.22. The Morgan fingerprint density at radius 3 is 2.58 bits per heavy atom. The summed E-state index contributed by atoms with van der Waals surface area (Å²) in [6, 6.07) is 5.81. The lowest BCUT2D eigenvalue weighted by atomic mass is 10.2. The molecule has 0 aliphatic rings. The van der Waals surface area contributed by atoms with Gasteiger partial charge in [-0.3, -0.25) is 0 Å². The predicted octanol–water partition coefficient (Wildman–Crippen LogP) is 1.30. The molecule has 1 amide bonds. The van der Waals surface area contributed by atoms with Gasteiger partial charge in [0.2, 0.25) is 0 Å². The van der Waals surface area contributed by atoms with Crippen molar-refractivity contribution in [2.24, 2.45) is 0 Å². The molecular weight excluding hydrogens is 250 g/mol. The van der Waals surface area contributed by atoms with Crippen molar-refractivity contribution in [2.75, 3.05) is 7.05 Å². The first-order valence-electron chi connectivity index (χ1n) is 5.29. The normalized spacial score (nSPS) is 8.89. The number of alkyl carbamates (subject to hydrolysis) is 1. The number of nitrogens with zero attached hydrogens (tertiary/aromatic N) is 1. The number of esters is 1. The fourth-order valence-corrected chi connectivity index (χ4v) is 1.05. The number of phenols is 1. The molecule has 0 aliphatic carbocycles. The van der Waals surface area contributed by atoms with Gasteiger partial charge in [0.25, 0.3) is 0 Å². The zero-order chi connectivity index (χ0) is 14.1. The molecule has 7 heteroatoms. The number of H-pyrrole nitrogens is 1. The number of carbonyl (C=O) groups excluding carboxylic acids is 2. The van der Waals surface area contributed by atoms with E-state index < -0.39 is 12.1 Å². The summed E-state index contributed by atoms with van der Waals surface area (Å²) in [5, 5.41) is 11.4.